The average Bonchev–Trinajstić information content (AvgIpc) is 3.21. The molecule has 1 fully saturated rings. The van der Waals surface area contributed by atoms with Gasteiger partial charge in [-0.2, -0.15) is 0 Å². The third-order valence-electron chi connectivity index (χ3n) is 5.78. The first-order chi connectivity index (χ1) is 14.9. The number of carbonyl (C=O) groups excluding carboxylic acids is 1. The van der Waals surface area contributed by atoms with Crippen LogP contribution in [0.25, 0.3) is 0 Å². The summed E-state index contributed by atoms with van der Waals surface area (Å²) in [6.07, 6.45) is -0.275. The van der Waals surface area contributed by atoms with Crippen LogP contribution in [0.3, 0.4) is 0 Å². The molecule has 5 nitrogen and oxygen atoms in total. The van der Waals surface area contributed by atoms with E-state index in [1.807, 2.05) is 12.1 Å². The van der Waals surface area contributed by atoms with Gasteiger partial charge in [0.1, 0.15) is 6.61 Å². The number of amides is 1. The molecule has 0 spiro atoms. The van der Waals surface area contributed by atoms with Crippen molar-refractivity contribution in [3.8, 4) is 0 Å². The van der Waals surface area contributed by atoms with Gasteiger partial charge in [0, 0.05) is 51.2 Å². The summed E-state index contributed by atoms with van der Waals surface area (Å²) < 4.78 is 5.08. The van der Waals surface area contributed by atoms with E-state index in [1.165, 1.54) is 28.1 Å². The summed E-state index contributed by atoms with van der Waals surface area (Å²) in [6.45, 7) is 1.04. The Balaban J connectivity index is 1.72. The van der Waals surface area contributed by atoms with E-state index in [-0.39, 0.29) is 12.0 Å². The number of cyclic esters (lactones) is 1. The summed E-state index contributed by atoms with van der Waals surface area (Å²) in [5, 5.41) is 0. The molecule has 1 heterocycles. The van der Waals surface area contributed by atoms with Gasteiger partial charge in [-0.1, -0.05) is 36.4 Å². The van der Waals surface area contributed by atoms with E-state index in [0.29, 0.717) is 13.2 Å². The fraction of sp³-hybridized carbons (Fsp3) is 0.269. The van der Waals surface area contributed by atoms with E-state index in [2.05, 4.69) is 98.7 Å². The van der Waals surface area contributed by atoms with Gasteiger partial charge in [-0.15, -0.1) is 0 Å². The van der Waals surface area contributed by atoms with Crippen LogP contribution >= 0.6 is 0 Å². The highest BCUT2D eigenvalue weighted by Crippen LogP contribution is 2.35. The van der Waals surface area contributed by atoms with Crippen molar-refractivity contribution < 1.29 is 9.53 Å². The van der Waals surface area contributed by atoms with E-state index in [4.69, 9.17) is 4.74 Å². The second-order valence-corrected chi connectivity index (χ2v) is 8.26. The molecule has 0 N–H and O–H groups in total. The van der Waals surface area contributed by atoms with Gasteiger partial charge in [0.25, 0.3) is 0 Å². The Morgan fingerprint density at radius 1 is 0.710 bits per heavy atom. The first-order valence-corrected chi connectivity index (χ1v) is 10.5. The van der Waals surface area contributed by atoms with Crippen LogP contribution in [0, 0.1) is 0 Å². The molecule has 3 aromatic rings. The Labute approximate surface area is 184 Å². The lowest BCUT2D eigenvalue weighted by Crippen LogP contribution is -2.23. The second kappa shape index (κ2) is 8.72. The molecule has 5 heteroatoms. The largest absolute Gasteiger partial charge is 0.447 e. The molecule has 160 valence electrons. The molecule has 3 aromatic carbocycles. The summed E-state index contributed by atoms with van der Waals surface area (Å²) in [4.78, 5) is 17.8. The fourth-order valence-electron chi connectivity index (χ4n) is 3.98. The highest BCUT2D eigenvalue weighted by Gasteiger charge is 2.24. The zero-order chi connectivity index (χ0) is 22.0. The molecule has 4 rings (SSSR count). The molecule has 0 aliphatic carbocycles. The van der Waals surface area contributed by atoms with Gasteiger partial charge in [-0.25, -0.2) is 4.79 Å². The van der Waals surface area contributed by atoms with Crippen LogP contribution in [0.1, 0.15) is 22.6 Å². The van der Waals surface area contributed by atoms with Crippen LogP contribution in [-0.4, -0.2) is 47.4 Å². The second-order valence-electron chi connectivity index (χ2n) is 8.26. The minimum Gasteiger partial charge on any atom is -0.447 e. The first-order valence-electron chi connectivity index (χ1n) is 10.5. The highest BCUT2D eigenvalue weighted by atomic mass is 16.6. The molecular weight excluding hydrogens is 386 g/mol. The number of hydrogen-bond donors (Lipinski definition) is 0. The molecule has 0 radical (unpaired) electrons. The van der Waals surface area contributed by atoms with E-state index in [0.717, 1.165) is 5.69 Å². The molecule has 1 amide bonds. The Morgan fingerprint density at radius 2 is 1.13 bits per heavy atom. The van der Waals surface area contributed by atoms with Crippen molar-refractivity contribution >= 4 is 23.2 Å². The lowest BCUT2D eigenvalue weighted by molar-refractivity contribution is 0.181. The fourth-order valence-corrected chi connectivity index (χ4v) is 3.98. The molecule has 0 aromatic heterocycles. The molecule has 31 heavy (non-hydrogen) atoms. The van der Waals surface area contributed by atoms with Crippen LogP contribution in [0.15, 0.2) is 72.8 Å². The Kier molecular flexibility index (Phi) is 5.85. The summed E-state index contributed by atoms with van der Waals surface area (Å²) in [5.41, 5.74) is 6.87. The molecule has 1 saturated heterocycles. The van der Waals surface area contributed by atoms with Gasteiger partial charge in [-0.3, -0.25) is 4.90 Å². The van der Waals surface area contributed by atoms with E-state index >= 15 is 0 Å². The van der Waals surface area contributed by atoms with Crippen LogP contribution in [-0.2, 0) is 4.74 Å². The third kappa shape index (κ3) is 4.36. The van der Waals surface area contributed by atoms with Gasteiger partial charge in [0.05, 0.1) is 6.54 Å². The van der Waals surface area contributed by atoms with Crippen molar-refractivity contribution in [2.45, 2.75) is 5.92 Å². The Morgan fingerprint density at radius 3 is 1.48 bits per heavy atom. The first kappa shape index (κ1) is 20.8. The predicted octanol–water partition coefficient (Wildman–Crippen LogP) is 4.96. The van der Waals surface area contributed by atoms with Gasteiger partial charge >= 0.3 is 6.09 Å². The van der Waals surface area contributed by atoms with E-state index in [9.17, 15) is 4.79 Å². The SMILES string of the molecule is CN(C)c1ccc(C(c2ccc(N(C)C)cc2)c2ccc(N3CCOC3=O)cc2)cc1. The maximum Gasteiger partial charge on any atom is 0.414 e. The predicted molar refractivity (Wildman–Crippen MR) is 128 cm³/mol. The van der Waals surface area contributed by atoms with Crippen LogP contribution < -0.4 is 14.7 Å². The highest BCUT2D eigenvalue weighted by molar-refractivity contribution is 5.89. The van der Waals surface area contributed by atoms with Crippen molar-refractivity contribution in [1.29, 1.82) is 0 Å². The topological polar surface area (TPSA) is 36.0 Å². The molecule has 1 aliphatic heterocycles. The lowest BCUT2D eigenvalue weighted by atomic mass is 9.85. The van der Waals surface area contributed by atoms with Crippen LogP contribution in [0.2, 0.25) is 0 Å². The number of rotatable bonds is 6. The van der Waals surface area contributed by atoms with Gasteiger partial charge < -0.3 is 14.5 Å². The van der Waals surface area contributed by atoms with Crippen molar-refractivity contribution in [3.05, 3.63) is 89.5 Å². The monoisotopic (exact) mass is 415 g/mol. The van der Waals surface area contributed by atoms with E-state index < -0.39 is 0 Å². The molecular formula is C26H29N3O2. The number of ether oxygens (including phenoxy) is 1. The summed E-state index contributed by atoms with van der Waals surface area (Å²) in [5.74, 6) is 0.104. The summed E-state index contributed by atoms with van der Waals surface area (Å²) in [6, 6.07) is 25.7. The molecule has 0 saturated carbocycles. The van der Waals surface area contributed by atoms with Gasteiger partial charge in [0.15, 0.2) is 0 Å². The van der Waals surface area contributed by atoms with E-state index in [1.54, 1.807) is 4.90 Å². The Bertz CT molecular complexity index is 974. The molecule has 0 bridgehead atoms. The maximum atomic E-state index is 11.9. The number of carbonyl (C=O) groups is 1. The molecule has 0 atom stereocenters. The molecule has 0 unspecified atom stereocenters. The van der Waals surface area contributed by atoms with Crippen molar-refractivity contribution in [2.24, 2.45) is 0 Å². The van der Waals surface area contributed by atoms with Gasteiger partial charge in [0.2, 0.25) is 0 Å². The average molecular weight is 416 g/mol. The zero-order valence-electron chi connectivity index (χ0n) is 18.6. The zero-order valence-corrected chi connectivity index (χ0v) is 18.6. The molecule has 1 aliphatic rings. The van der Waals surface area contributed by atoms with Crippen molar-refractivity contribution in [1.82, 2.24) is 0 Å². The number of nitrogens with zero attached hydrogens (tertiary/aromatic N) is 3. The van der Waals surface area contributed by atoms with Crippen LogP contribution in [0.4, 0.5) is 21.9 Å². The third-order valence-corrected chi connectivity index (χ3v) is 5.78. The maximum absolute atomic E-state index is 11.9. The smallest absolute Gasteiger partial charge is 0.414 e. The minimum absolute atomic E-state index is 0.104. The van der Waals surface area contributed by atoms with Crippen molar-refractivity contribution in [2.75, 3.05) is 56.0 Å². The normalized spacial score (nSPS) is 13.5. The number of hydrogen-bond acceptors (Lipinski definition) is 4. The standard InChI is InChI=1S/C26H29N3O2/c1-27(2)22-11-5-19(6-12-22)25(20-7-13-23(14-8-20)28(3)4)21-9-15-24(16-10-21)29-17-18-31-26(29)30/h5-16,25H,17-18H2,1-4H3. The summed E-state index contributed by atoms with van der Waals surface area (Å²) in [7, 11) is 8.20. The number of benzene rings is 3. The van der Waals surface area contributed by atoms with Gasteiger partial charge in [-0.05, 0) is 53.1 Å². The minimum atomic E-state index is -0.275. The quantitative estimate of drug-likeness (QED) is 0.534. The summed E-state index contributed by atoms with van der Waals surface area (Å²) >= 11 is 0. The lowest BCUT2D eigenvalue weighted by Gasteiger charge is -2.22. The number of anilines is 3. The Hall–Kier alpha value is -3.47. The van der Waals surface area contributed by atoms with Crippen LogP contribution in [0.5, 0.6) is 0 Å². The van der Waals surface area contributed by atoms with Crippen molar-refractivity contribution in [3.63, 3.8) is 0 Å².